The molecule has 0 unspecified atom stereocenters. The molecule has 0 aliphatic heterocycles. The molecule has 0 aliphatic carbocycles. The molecule has 1 aromatic carbocycles. The summed E-state index contributed by atoms with van der Waals surface area (Å²) in [6.45, 7) is 2.18. The van der Waals surface area contributed by atoms with Gasteiger partial charge in [-0.05, 0) is 24.6 Å². The maximum absolute atomic E-state index is 13.7. The fraction of sp³-hybridized carbons (Fsp3) is 0.500. The lowest BCUT2D eigenvalue weighted by Crippen LogP contribution is -2.22. The number of rotatable bonds is 7. The lowest BCUT2D eigenvalue weighted by atomic mass is 10.1. The van der Waals surface area contributed by atoms with E-state index in [1.165, 1.54) is 7.11 Å². The van der Waals surface area contributed by atoms with Crippen molar-refractivity contribution in [1.29, 1.82) is 0 Å². The van der Waals surface area contributed by atoms with Gasteiger partial charge in [-0.15, -0.1) is 0 Å². The molecular weight excluding hydrogens is 209 g/mol. The summed E-state index contributed by atoms with van der Waals surface area (Å²) < 4.78 is 23.5. The first-order valence-electron chi connectivity index (χ1n) is 5.30. The zero-order valence-corrected chi connectivity index (χ0v) is 9.75. The molecule has 90 valence electrons. The second kappa shape index (κ2) is 7.19. The first-order valence-corrected chi connectivity index (χ1v) is 5.30. The predicted octanol–water partition coefficient (Wildman–Crippen LogP) is 1.61. The number of hydrogen-bond donors (Lipinski definition) is 1. The Morgan fingerprint density at radius 3 is 2.75 bits per heavy atom. The average Bonchev–Trinajstić information content (AvgIpc) is 2.31. The third-order valence-corrected chi connectivity index (χ3v) is 2.32. The van der Waals surface area contributed by atoms with Crippen molar-refractivity contribution in [3.63, 3.8) is 0 Å². The van der Waals surface area contributed by atoms with Crippen LogP contribution in [0.5, 0.6) is 5.75 Å². The maximum Gasteiger partial charge on any atom is 0.168 e. The van der Waals surface area contributed by atoms with E-state index in [-0.39, 0.29) is 5.82 Å². The Balaban J connectivity index is 2.41. The smallest absolute Gasteiger partial charge is 0.168 e. The van der Waals surface area contributed by atoms with Crippen LogP contribution in [-0.2, 0) is 11.2 Å². The van der Waals surface area contributed by atoms with E-state index in [0.717, 1.165) is 13.1 Å². The molecule has 0 heterocycles. The monoisotopic (exact) mass is 227 g/mol. The molecular formula is C12H18FNO2. The third-order valence-electron chi connectivity index (χ3n) is 2.32. The van der Waals surface area contributed by atoms with E-state index in [0.29, 0.717) is 24.3 Å². The van der Waals surface area contributed by atoms with Gasteiger partial charge in [0.2, 0.25) is 0 Å². The zero-order valence-electron chi connectivity index (χ0n) is 9.75. The van der Waals surface area contributed by atoms with Crippen LogP contribution in [0.25, 0.3) is 0 Å². The van der Waals surface area contributed by atoms with Gasteiger partial charge in [0.1, 0.15) is 0 Å². The molecule has 0 aromatic heterocycles. The van der Waals surface area contributed by atoms with E-state index in [9.17, 15) is 4.39 Å². The summed E-state index contributed by atoms with van der Waals surface area (Å²) in [4.78, 5) is 0. The molecule has 0 amide bonds. The van der Waals surface area contributed by atoms with Crippen molar-refractivity contribution >= 4 is 0 Å². The Morgan fingerprint density at radius 2 is 2.06 bits per heavy atom. The Bertz CT molecular complexity index is 318. The highest BCUT2D eigenvalue weighted by Crippen LogP contribution is 2.19. The highest BCUT2D eigenvalue weighted by Gasteiger charge is 2.07. The van der Waals surface area contributed by atoms with Crippen LogP contribution in [0, 0.1) is 5.82 Å². The largest absolute Gasteiger partial charge is 0.494 e. The molecule has 1 rings (SSSR count). The molecule has 3 nitrogen and oxygen atoms in total. The van der Waals surface area contributed by atoms with E-state index in [2.05, 4.69) is 5.32 Å². The summed E-state index contributed by atoms with van der Waals surface area (Å²) >= 11 is 0. The van der Waals surface area contributed by atoms with Gasteiger partial charge in [-0.25, -0.2) is 4.39 Å². The van der Waals surface area contributed by atoms with Gasteiger partial charge in [-0.2, -0.15) is 0 Å². The minimum Gasteiger partial charge on any atom is -0.494 e. The fourth-order valence-corrected chi connectivity index (χ4v) is 1.43. The topological polar surface area (TPSA) is 30.5 Å². The number of halogens is 1. The second-order valence-electron chi connectivity index (χ2n) is 3.43. The van der Waals surface area contributed by atoms with Crippen molar-refractivity contribution in [2.24, 2.45) is 0 Å². The van der Waals surface area contributed by atoms with Gasteiger partial charge in [0, 0.05) is 13.7 Å². The summed E-state index contributed by atoms with van der Waals surface area (Å²) in [5.41, 5.74) is 0.671. The normalized spacial score (nSPS) is 10.4. The number of hydrogen-bond acceptors (Lipinski definition) is 3. The van der Waals surface area contributed by atoms with Gasteiger partial charge < -0.3 is 14.8 Å². The zero-order chi connectivity index (χ0) is 11.8. The predicted molar refractivity (Wildman–Crippen MR) is 61.4 cm³/mol. The lowest BCUT2D eigenvalue weighted by Gasteiger charge is -2.08. The van der Waals surface area contributed by atoms with Crippen molar-refractivity contribution in [3.05, 3.63) is 29.6 Å². The average molecular weight is 227 g/mol. The Hall–Kier alpha value is -1.13. The van der Waals surface area contributed by atoms with Crippen LogP contribution in [0.1, 0.15) is 5.56 Å². The first-order chi connectivity index (χ1) is 7.79. The van der Waals surface area contributed by atoms with E-state index in [1.807, 2.05) is 0 Å². The minimum atomic E-state index is -0.265. The van der Waals surface area contributed by atoms with Crippen molar-refractivity contribution in [2.45, 2.75) is 6.42 Å². The highest BCUT2D eigenvalue weighted by atomic mass is 19.1. The second-order valence-corrected chi connectivity index (χ2v) is 3.43. The maximum atomic E-state index is 13.7. The van der Waals surface area contributed by atoms with Crippen LogP contribution < -0.4 is 10.1 Å². The van der Waals surface area contributed by atoms with E-state index < -0.39 is 0 Å². The summed E-state index contributed by atoms with van der Waals surface area (Å²) in [7, 11) is 3.13. The number of methoxy groups -OCH3 is 2. The van der Waals surface area contributed by atoms with Crippen LogP contribution >= 0.6 is 0 Å². The Morgan fingerprint density at radius 1 is 1.25 bits per heavy atom. The SMILES string of the molecule is COCCNCCc1cccc(OC)c1F. The molecule has 0 aliphatic rings. The van der Waals surface area contributed by atoms with Crippen molar-refractivity contribution in [3.8, 4) is 5.75 Å². The van der Waals surface area contributed by atoms with Crippen molar-refractivity contribution in [1.82, 2.24) is 5.32 Å². The Kier molecular flexibility index (Phi) is 5.82. The minimum absolute atomic E-state index is 0.265. The molecule has 4 heteroatoms. The third kappa shape index (κ3) is 3.79. The van der Waals surface area contributed by atoms with E-state index >= 15 is 0 Å². The van der Waals surface area contributed by atoms with Crippen LogP contribution in [-0.4, -0.2) is 33.9 Å². The first kappa shape index (κ1) is 12.9. The van der Waals surface area contributed by atoms with Crippen molar-refractivity contribution < 1.29 is 13.9 Å². The van der Waals surface area contributed by atoms with Gasteiger partial charge in [0.05, 0.1) is 13.7 Å². The molecule has 16 heavy (non-hydrogen) atoms. The molecule has 1 aromatic rings. The van der Waals surface area contributed by atoms with Crippen LogP contribution in [0.15, 0.2) is 18.2 Å². The van der Waals surface area contributed by atoms with Gasteiger partial charge >= 0.3 is 0 Å². The van der Waals surface area contributed by atoms with E-state index in [1.54, 1.807) is 25.3 Å². The molecule has 0 radical (unpaired) electrons. The molecule has 0 atom stereocenters. The van der Waals surface area contributed by atoms with Crippen LogP contribution in [0.4, 0.5) is 4.39 Å². The number of nitrogens with one attached hydrogen (secondary N) is 1. The molecule has 0 saturated carbocycles. The molecule has 0 bridgehead atoms. The summed E-state index contributed by atoms with van der Waals surface area (Å²) in [6.07, 6.45) is 0.646. The van der Waals surface area contributed by atoms with Gasteiger partial charge in [0.15, 0.2) is 11.6 Å². The summed E-state index contributed by atoms with van der Waals surface area (Å²) in [6, 6.07) is 5.19. The molecule has 0 saturated heterocycles. The van der Waals surface area contributed by atoms with Crippen LogP contribution in [0.3, 0.4) is 0 Å². The van der Waals surface area contributed by atoms with Gasteiger partial charge in [-0.3, -0.25) is 0 Å². The van der Waals surface area contributed by atoms with Gasteiger partial charge in [0.25, 0.3) is 0 Å². The highest BCUT2D eigenvalue weighted by molar-refractivity contribution is 5.31. The fourth-order valence-electron chi connectivity index (χ4n) is 1.43. The molecule has 0 fully saturated rings. The van der Waals surface area contributed by atoms with Gasteiger partial charge in [-0.1, -0.05) is 12.1 Å². The standard InChI is InChI=1S/C12H18FNO2/c1-15-9-8-14-7-6-10-4-3-5-11(16-2)12(10)13/h3-5,14H,6-9H2,1-2H3. The quantitative estimate of drug-likeness (QED) is 0.718. The molecule has 1 N–H and O–H groups in total. The van der Waals surface area contributed by atoms with E-state index in [4.69, 9.17) is 9.47 Å². The number of ether oxygens (including phenoxy) is 2. The summed E-state index contributed by atoms with van der Waals surface area (Å²) in [5.74, 6) is 0.0351. The van der Waals surface area contributed by atoms with Crippen molar-refractivity contribution in [2.75, 3.05) is 33.9 Å². The summed E-state index contributed by atoms with van der Waals surface area (Å²) in [5, 5.41) is 3.17. The molecule has 0 spiro atoms. The number of benzene rings is 1. The lowest BCUT2D eigenvalue weighted by molar-refractivity contribution is 0.199. The van der Waals surface area contributed by atoms with Crippen LogP contribution in [0.2, 0.25) is 0 Å². The Labute approximate surface area is 95.6 Å².